The molecule has 37 heavy (non-hydrogen) atoms. The number of Topliss-reactive ketones (excluding diaryl/α,β-unsaturated/α-hetero) is 1. The highest BCUT2D eigenvalue weighted by molar-refractivity contribution is 6.28. The monoisotopic (exact) mass is 498 g/mol. The number of hydrogen-bond acceptors (Lipinski definition) is 5. The van der Waals surface area contributed by atoms with Gasteiger partial charge in [-0.15, -0.1) is 0 Å². The third-order valence-electron chi connectivity index (χ3n) is 6.30. The molecule has 188 valence electrons. The van der Waals surface area contributed by atoms with Gasteiger partial charge in [-0.2, -0.15) is 4.79 Å². The molecular formula is C28H26N4O5. The van der Waals surface area contributed by atoms with Crippen molar-refractivity contribution in [3.63, 3.8) is 0 Å². The number of aromatic hydroxyl groups is 1. The fourth-order valence-electron chi connectivity index (χ4n) is 4.41. The summed E-state index contributed by atoms with van der Waals surface area (Å²) in [4.78, 5) is 40.4. The maximum absolute atomic E-state index is 13.0. The highest BCUT2D eigenvalue weighted by Gasteiger charge is 2.30. The summed E-state index contributed by atoms with van der Waals surface area (Å²) in [6.45, 7) is 1.52. The second-order valence-electron chi connectivity index (χ2n) is 8.77. The van der Waals surface area contributed by atoms with Gasteiger partial charge in [-0.1, -0.05) is 60.7 Å². The Labute approximate surface area is 213 Å². The second kappa shape index (κ2) is 11.3. The van der Waals surface area contributed by atoms with Crippen LogP contribution in [0.15, 0.2) is 72.8 Å². The van der Waals surface area contributed by atoms with Crippen LogP contribution < -0.4 is 10.6 Å². The first-order chi connectivity index (χ1) is 17.9. The van der Waals surface area contributed by atoms with Crippen LogP contribution in [0.4, 0.5) is 4.79 Å². The SMILES string of the molecule is C[C@H](NC(=O)[C@@H](Cc1ccc(O)cc1)NC(=O)OCC1c2ccccc2-c2ccccc21)C(=O)C=[N+]=[N-]. The second-order valence-corrected chi connectivity index (χ2v) is 8.77. The lowest BCUT2D eigenvalue weighted by molar-refractivity contribution is -0.127. The quantitative estimate of drug-likeness (QED) is 0.236. The van der Waals surface area contributed by atoms with Gasteiger partial charge in [0.15, 0.2) is 0 Å². The molecule has 0 bridgehead atoms. The molecule has 0 unspecified atom stereocenters. The Morgan fingerprint density at radius 2 is 1.57 bits per heavy atom. The lowest BCUT2D eigenvalue weighted by atomic mass is 9.98. The molecule has 0 radical (unpaired) electrons. The molecule has 1 aliphatic carbocycles. The summed E-state index contributed by atoms with van der Waals surface area (Å²) in [6, 6.07) is 20.1. The average molecular weight is 499 g/mol. The molecule has 2 amide bonds. The van der Waals surface area contributed by atoms with Gasteiger partial charge in [-0.25, -0.2) is 4.79 Å². The van der Waals surface area contributed by atoms with Crippen LogP contribution in [-0.4, -0.2) is 52.6 Å². The van der Waals surface area contributed by atoms with Gasteiger partial charge in [0.25, 0.3) is 5.78 Å². The van der Waals surface area contributed by atoms with Crippen molar-refractivity contribution in [3.8, 4) is 16.9 Å². The number of ketones is 1. The molecule has 0 spiro atoms. The minimum Gasteiger partial charge on any atom is -0.508 e. The van der Waals surface area contributed by atoms with Gasteiger partial charge in [-0.05, 0) is 46.9 Å². The van der Waals surface area contributed by atoms with E-state index >= 15 is 0 Å². The van der Waals surface area contributed by atoms with E-state index in [4.69, 9.17) is 10.3 Å². The number of amides is 2. The lowest BCUT2D eigenvalue weighted by Crippen LogP contribution is -2.52. The third kappa shape index (κ3) is 5.91. The van der Waals surface area contributed by atoms with E-state index in [1.165, 1.54) is 19.1 Å². The average Bonchev–Trinajstić information content (AvgIpc) is 3.22. The van der Waals surface area contributed by atoms with Crippen LogP contribution in [0.5, 0.6) is 5.75 Å². The number of carbonyl (C=O) groups excluding carboxylic acids is 3. The van der Waals surface area contributed by atoms with Crippen LogP contribution >= 0.6 is 0 Å². The number of rotatable bonds is 9. The first kappa shape index (κ1) is 25.3. The lowest BCUT2D eigenvalue weighted by Gasteiger charge is -2.21. The van der Waals surface area contributed by atoms with Crippen molar-refractivity contribution in [2.24, 2.45) is 0 Å². The normalized spacial score (nSPS) is 13.3. The van der Waals surface area contributed by atoms with Crippen LogP contribution in [0.25, 0.3) is 16.7 Å². The van der Waals surface area contributed by atoms with Crippen LogP contribution in [0, 0.1) is 0 Å². The van der Waals surface area contributed by atoms with Gasteiger partial charge in [0, 0.05) is 12.3 Å². The summed E-state index contributed by atoms with van der Waals surface area (Å²) in [6.07, 6.45) is 0.00111. The summed E-state index contributed by atoms with van der Waals surface area (Å²) < 4.78 is 5.58. The minimum absolute atomic E-state index is 0.0664. The Hall–Kier alpha value is -4.75. The standard InChI is InChI=1S/C28H26N4O5/c1-17(26(34)15-30-29)31-27(35)25(14-18-10-12-19(33)13-11-18)32-28(36)37-16-24-22-8-4-2-6-20(22)21-7-3-5-9-23(21)24/h2-13,15,17,24-25,33H,14,16H2,1H3,(H,31,35)(H,32,36)/t17-,25+/m0/s1. The Bertz CT molecular complexity index is 1320. The first-order valence-electron chi connectivity index (χ1n) is 11.8. The van der Waals surface area contributed by atoms with Gasteiger partial charge < -0.3 is 26.0 Å². The molecule has 9 heteroatoms. The number of alkyl carbamates (subject to hydrolysis) is 1. The number of phenolic OH excluding ortho intramolecular Hbond substituents is 1. The van der Waals surface area contributed by atoms with Crippen molar-refractivity contribution in [2.45, 2.75) is 31.3 Å². The van der Waals surface area contributed by atoms with E-state index in [1.807, 2.05) is 48.5 Å². The number of nitrogens with one attached hydrogen (secondary N) is 2. The van der Waals surface area contributed by atoms with Gasteiger partial charge >= 0.3 is 12.3 Å². The maximum Gasteiger partial charge on any atom is 0.407 e. The Balaban J connectivity index is 1.46. The molecule has 2 atom stereocenters. The predicted molar refractivity (Wildman–Crippen MR) is 136 cm³/mol. The number of carbonyl (C=O) groups is 3. The van der Waals surface area contributed by atoms with Crippen LogP contribution in [-0.2, 0) is 20.7 Å². The van der Waals surface area contributed by atoms with E-state index in [0.717, 1.165) is 22.3 Å². The molecular weight excluding hydrogens is 472 g/mol. The number of nitrogens with zero attached hydrogens (tertiary/aromatic N) is 2. The molecule has 1 aliphatic rings. The molecule has 3 aromatic rings. The molecule has 0 aromatic heterocycles. The highest BCUT2D eigenvalue weighted by atomic mass is 16.5. The molecule has 0 heterocycles. The molecule has 3 N–H and O–H groups in total. The smallest absolute Gasteiger partial charge is 0.407 e. The number of fused-ring (bicyclic) bond motifs is 3. The van der Waals surface area contributed by atoms with Crippen LogP contribution in [0.3, 0.4) is 0 Å². The number of ether oxygens (including phenoxy) is 1. The van der Waals surface area contributed by atoms with Gasteiger partial charge in [-0.3, -0.25) is 9.59 Å². The predicted octanol–water partition coefficient (Wildman–Crippen LogP) is 3.22. The minimum atomic E-state index is -1.07. The fraction of sp³-hybridized carbons (Fsp3) is 0.214. The van der Waals surface area contributed by atoms with Crippen molar-refractivity contribution in [1.82, 2.24) is 10.6 Å². The third-order valence-corrected chi connectivity index (χ3v) is 6.30. The summed E-state index contributed by atoms with van der Waals surface area (Å²) in [5, 5.41) is 14.7. The zero-order chi connectivity index (χ0) is 26.4. The van der Waals surface area contributed by atoms with Crippen molar-refractivity contribution < 1.29 is 29.0 Å². The van der Waals surface area contributed by atoms with Gasteiger partial charge in [0.2, 0.25) is 5.91 Å². The van der Waals surface area contributed by atoms with Crippen molar-refractivity contribution >= 4 is 24.0 Å². The van der Waals surface area contributed by atoms with Crippen LogP contribution in [0.2, 0.25) is 0 Å². The zero-order valence-electron chi connectivity index (χ0n) is 20.1. The molecule has 0 fully saturated rings. The van der Waals surface area contributed by atoms with Gasteiger partial charge in [0.1, 0.15) is 18.4 Å². The fourth-order valence-corrected chi connectivity index (χ4v) is 4.41. The number of benzene rings is 3. The highest BCUT2D eigenvalue weighted by Crippen LogP contribution is 2.44. The van der Waals surface area contributed by atoms with E-state index in [1.54, 1.807) is 12.1 Å². The zero-order valence-corrected chi connectivity index (χ0v) is 20.1. The largest absolute Gasteiger partial charge is 0.508 e. The van der Waals surface area contributed by atoms with Crippen LogP contribution in [0.1, 0.15) is 29.5 Å². The van der Waals surface area contributed by atoms with E-state index in [0.29, 0.717) is 11.8 Å². The first-order valence-corrected chi connectivity index (χ1v) is 11.8. The summed E-state index contributed by atoms with van der Waals surface area (Å²) in [7, 11) is 0. The maximum atomic E-state index is 13.0. The summed E-state index contributed by atoms with van der Waals surface area (Å²) >= 11 is 0. The number of hydrogen-bond donors (Lipinski definition) is 3. The van der Waals surface area contributed by atoms with E-state index in [-0.39, 0.29) is 24.7 Å². The molecule has 0 aliphatic heterocycles. The summed E-state index contributed by atoms with van der Waals surface area (Å²) in [5.41, 5.74) is 13.6. The Morgan fingerprint density at radius 3 is 2.16 bits per heavy atom. The molecule has 4 rings (SSSR count). The van der Waals surface area contributed by atoms with E-state index in [2.05, 4.69) is 15.4 Å². The Kier molecular flexibility index (Phi) is 7.76. The van der Waals surface area contributed by atoms with Gasteiger partial charge in [0.05, 0.1) is 6.04 Å². The van der Waals surface area contributed by atoms with Crippen molar-refractivity contribution in [1.29, 1.82) is 0 Å². The molecule has 0 saturated carbocycles. The Morgan fingerprint density at radius 1 is 0.973 bits per heavy atom. The van der Waals surface area contributed by atoms with E-state index in [9.17, 15) is 19.5 Å². The number of phenols is 1. The van der Waals surface area contributed by atoms with E-state index < -0.39 is 29.9 Å². The van der Waals surface area contributed by atoms with Crippen molar-refractivity contribution in [3.05, 3.63) is 95.0 Å². The molecule has 9 nitrogen and oxygen atoms in total. The molecule has 0 saturated heterocycles. The molecule has 3 aromatic carbocycles. The van der Waals surface area contributed by atoms with Crippen molar-refractivity contribution in [2.75, 3.05) is 6.61 Å². The topological polar surface area (TPSA) is 141 Å². The summed E-state index contributed by atoms with van der Waals surface area (Å²) in [5.74, 6) is -1.30.